The molecule has 0 atom stereocenters. The normalized spacial score (nSPS) is 14.0. The Morgan fingerprint density at radius 1 is 0.933 bits per heavy atom. The number of benzene rings is 2. The molecule has 0 spiro atoms. The SMILES string of the molecule is O=C(c1c[nH]c(=O)n(Cc2ccccc2F)c1=O)N1CCN(c2ccccc2)CC1. The van der Waals surface area contributed by atoms with Gasteiger partial charge in [0, 0.05) is 43.6 Å². The van der Waals surface area contributed by atoms with Gasteiger partial charge in [-0.1, -0.05) is 36.4 Å². The molecule has 1 aliphatic rings. The van der Waals surface area contributed by atoms with Crippen molar-refractivity contribution in [3.8, 4) is 0 Å². The largest absolute Gasteiger partial charge is 0.368 e. The van der Waals surface area contributed by atoms with Gasteiger partial charge in [-0.25, -0.2) is 9.18 Å². The first-order chi connectivity index (χ1) is 14.5. The molecule has 2 aromatic carbocycles. The smallest absolute Gasteiger partial charge is 0.328 e. The van der Waals surface area contributed by atoms with Crippen LogP contribution in [-0.2, 0) is 6.54 Å². The van der Waals surface area contributed by atoms with Crippen LogP contribution in [-0.4, -0.2) is 46.5 Å². The number of nitrogens with zero attached hydrogens (tertiary/aromatic N) is 3. The van der Waals surface area contributed by atoms with Crippen molar-refractivity contribution in [1.29, 1.82) is 0 Å². The quantitative estimate of drug-likeness (QED) is 0.713. The van der Waals surface area contributed by atoms with Gasteiger partial charge < -0.3 is 14.8 Å². The molecule has 0 bridgehead atoms. The van der Waals surface area contributed by atoms with E-state index in [0.717, 1.165) is 16.5 Å². The fraction of sp³-hybridized carbons (Fsp3) is 0.227. The van der Waals surface area contributed by atoms with Crippen LogP contribution in [0.15, 0.2) is 70.4 Å². The Balaban J connectivity index is 1.53. The van der Waals surface area contributed by atoms with Crippen LogP contribution in [0, 0.1) is 5.82 Å². The fourth-order valence-electron chi connectivity index (χ4n) is 3.58. The van der Waals surface area contributed by atoms with Crippen LogP contribution in [0.2, 0.25) is 0 Å². The Morgan fingerprint density at radius 3 is 2.30 bits per heavy atom. The van der Waals surface area contributed by atoms with Gasteiger partial charge in [0.2, 0.25) is 0 Å². The minimum atomic E-state index is -0.725. The number of H-pyrrole nitrogens is 1. The van der Waals surface area contributed by atoms with E-state index in [1.165, 1.54) is 18.2 Å². The summed E-state index contributed by atoms with van der Waals surface area (Å²) in [5.41, 5.74) is -0.252. The van der Waals surface area contributed by atoms with Crippen molar-refractivity contribution in [2.24, 2.45) is 0 Å². The van der Waals surface area contributed by atoms with Crippen LogP contribution in [0.5, 0.6) is 0 Å². The molecule has 1 saturated heterocycles. The van der Waals surface area contributed by atoms with Gasteiger partial charge in [0.1, 0.15) is 11.4 Å². The van der Waals surface area contributed by atoms with Gasteiger partial charge in [-0.05, 0) is 18.2 Å². The van der Waals surface area contributed by atoms with E-state index in [2.05, 4.69) is 9.88 Å². The van der Waals surface area contributed by atoms with Crippen LogP contribution in [0.1, 0.15) is 15.9 Å². The Kier molecular flexibility index (Phi) is 5.47. The number of nitrogens with one attached hydrogen (secondary N) is 1. The van der Waals surface area contributed by atoms with E-state index in [1.54, 1.807) is 11.0 Å². The first-order valence-electron chi connectivity index (χ1n) is 9.70. The summed E-state index contributed by atoms with van der Waals surface area (Å²) in [6, 6.07) is 15.8. The number of hydrogen-bond acceptors (Lipinski definition) is 4. The third kappa shape index (κ3) is 3.89. The van der Waals surface area contributed by atoms with Crippen LogP contribution in [0.25, 0.3) is 0 Å². The molecule has 154 valence electrons. The maximum absolute atomic E-state index is 14.0. The Morgan fingerprint density at radius 2 is 1.60 bits per heavy atom. The summed E-state index contributed by atoms with van der Waals surface area (Å²) < 4.78 is 14.8. The monoisotopic (exact) mass is 408 g/mol. The van der Waals surface area contributed by atoms with Crippen molar-refractivity contribution in [2.45, 2.75) is 6.54 Å². The molecule has 0 aliphatic carbocycles. The van der Waals surface area contributed by atoms with Crippen molar-refractivity contribution in [3.63, 3.8) is 0 Å². The number of anilines is 1. The summed E-state index contributed by atoms with van der Waals surface area (Å²) in [7, 11) is 0. The second kappa shape index (κ2) is 8.36. The maximum Gasteiger partial charge on any atom is 0.328 e. The lowest BCUT2D eigenvalue weighted by Crippen LogP contribution is -2.50. The number of carbonyl (C=O) groups is 1. The number of halogens is 1. The lowest BCUT2D eigenvalue weighted by molar-refractivity contribution is 0.0743. The minimum Gasteiger partial charge on any atom is -0.368 e. The molecule has 30 heavy (non-hydrogen) atoms. The molecule has 2 heterocycles. The van der Waals surface area contributed by atoms with Crippen molar-refractivity contribution in [3.05, 3.63) is 98.6 Å². The van der Waals surface area contributed by atoms with E-state index in [1.807, 2.05) is 30.3 Å². The average Bonchev–Trinajstić information content (AvgIpc) is 2.78. The van der Waals surface area contributed by atoms with Gasteiger partial charge in [-0.15, -0.1) is 0 Å². The summed E-state index contributed by atoms with van der Waals surface area (Å²) in [5, 5.41) is 0. The highest BCUT2D eigenvalue weighted by Crippen LogP contribution is 2.16. The second-order valence-electron chi connectivity index (χ2n) is 7.11. The topological polar surface area (TPSA) is 78.4 Å². The molecule has 7 nitrogen and oxygen atoms in total. The van der Waals surface area contributed by atoms with Crippen LogP contribution >= 0.6 is 0 Å². The molecule has 0 saturated carbocycles. The number of aromatic nitrogens is 2. The maximum atomic E-state index is 14.0. The van der Waals surface area contributed by atoms with Gasteiger partial charge in [0.05, 0.1) is 6.54 Å². The lowest BCUT2D eigenvalue weighted by atomic mass is 10.2. The fourth-order valence-corrected chi connectivity index (χ4v) is 3.58. The van der Waals surface area contributed by atoms with Gasteiger partial charge in [0.15, 0.2) is 0 Å². The zero-order valence-corrected chi connectivity index (χ0v) is 16.3. The Labute approximate surface area is 172 Å². The van der Waals surface area contributed by atoms with E-state index in [9.17, 15) is 18.8 Å². The molecule has 0 unspecified atom stereocenters. The Hall–Kier alpha value is -3.68. The van der Waals surface area contributed by atoms with E-state index in [0.29, 0.717) is 26.2 Å². The highest BCUT2D eigenvalue weighted by Gasteiger charge is 2.25. The summed E-state index contributed by atoms with van der Waals surface area (Å²) in [5.74, 6) is -0.955. The lowest BCUT2D eigenvalue weighted by Gasteiger charge is -2.36. The number of amides is 1. The summed E-state index contributed by atoms with van der Waals surface area (Å²) in [4.78, 5) is 44.1. The summed E-state index contributed by atoms with van der Waals surface area (Å²) in [6.45, 7) is 1.95. The molecule has 1 fully saturated rings. The van der Waals surface area contributed by atoms with Gasteiger partial charge >= 0.3 is 5.69 Å². The number of hydrogen-bond donors (Lipinski definition) is 1. The minimum absolute atomic E-state index is 0.126. The van der Waals surface area contributed by atoms with Crippen molar-refractivity contribution in [2.75, 3.05) is 31.1 Å². The molecule has 1 N–H and O–H groups in total. The van der Waals surface area contributed by atoms with Crippen molar-refractivity contribution < 1.29 is 9.18 Å². The van der Waals surface area contributed by atoms with Gasteiger partial charge in [0.25, 0.3) is 11.5 Å². The standard InChI is InChI=1S/C22H21FN4O3/c23-19-9-5-4-6-16(19)15-27-21(29)18(14-24-22(27)30)20(28)26-12-10-25(11-13-26)17-7-2-1-3-8-17/h1-9,14H,10-13,15H2,(H,24,30). The zero-order chi connectivity index (χ0) is 21.1. The van der Waals surface area contributed by atoms with E-state index in [4.69, 9.17) is 0 Å². The molecule has 1 amide bonds. The van der Waals surface area contributed by atoms with Crippen molar-refractivity contribution in [1.82, 2.24) is 14.5 Å². The number of aromatic amines is 1. The average molecular weight is 408 g/mol. The van der Waals surface area contributed by atoms with Crippen molar-refractivity contribution >= 4 is 11.6 Å². The van der Waals surface area contributed by atoms with Crippen LogP contribution in [0.4, 0.5) is 10.1 Å². The molecule has 3 aromatic rings. The molecule has 0 radical (unpaired) electrons. The molecule has 8 heteroatoms. The predicted molar refractivity (Wildman–Crippen MR) is 111 cm³/mol. The molecule has 1 aliphatic heterocycles. The second-order valence-corrected chi connectivity index (χ2v) is 7.11. The highest BCUT2D eigenvalue weighted by atomic mass is 19.1. The molecular formula is C22H21FN4O3. The number of carbonyl (C=O) groups excluding carboxylic acids is 1. The molecule has 4 rings (SSSR count). The van der Waals surface area contributed by atoms with Crippen LogP contribution < -0.4 is 16.1 Å². The van der Waals surface area contributed by atoms with E-state index < -0.39 is 23.0 Å². The third-order valence-electron chi connectivity index (χ3n) is 5.27. The Bertz CT molecular complexity index is 1160. The number of para-hydroxylation sites is 1. The van der Waals surface area contributed by atoms with E-state index >= 15 is 0 Å². The third-order valence-corrected chi connectivity index (χ3v) is 5.27. The zero-order valence-electron chi connectivity index (χ0n) is 16.3. The van der Waals surface area contributed by atoms with Gasteiger partial charge in [-0.3, -0.25) is 14.2 Å². The van der Waals surface area contributed by atoms with Crippen LogP contribution in [0.3, 0.4) is 0 Å². The highest BCUT2D eigenvalue weighted by molar-refractivity contribution is 5.93. The first-order valence-corrected chi connectivity index (χ1v) is 9.70. The van der Waals surface area contributed by atoms with Gasteiger partial charge in [-0.2, -0.15) is 0 Å². The summed E-state index contributed by atoms with van der Waals surface area (Å²) >= 11 is 0. The molecular weight excluding hydrogens is 387 g/mol. The first kappa shape index (κ1) is 19.6. The molecule has 1 aromatic heterocycles. The van der Waals surface area contributed by atoms with E-state index in [-0.39, 0.29) is 17.7 Å². The number of piperazine rings is 1. The summed E-state index contributed by atoms with van der Waals surface area (Å²) in [6.07, 6.45) is 1.15. The predicted octanol–water partition coefficient (Wildman–Crippen LogP) is 1.69. The number of rotatable bonds is 4.